The third-order valence-corrected chi connectivity index (χ3v) is 3.97. The summed E-state index contributed by atoms with van der Waals surface area (Å²) in [5.74, 6) is 0.368. The van der Waals surface area contributed by atoms with E-state index < -0.39 is 0 Å². The summed E-state index contributed by atoms with van der Waals surface area (Å²) in [4.78, 5) is 16.1. The number of amides is 1. The summed E-state index contributed by atoms with van der Waals surface area (Å²) in [6, 6.07) is 1.66. The zero-order valence-electron chi connectivity index (χ0n) is 11.3. The van der Waals surface area contributed by atoms with Crippen molar-refractivity contribution in [3.8, 4) is 5.75 Å². The van der Waals surface area contributed by atoms with Crippen LogP contribution in [0.15, 0.2) is 18.5 Å². The number of nitrogens with zero attached hydrogens (tertiary/aromatic N) is 1. The predicted octanol–water partition coefficient (Wildman–Crippen LogP) is 1.34. The normalized spacial score (nSPS) is 17.2. The van der Waals surface area contributed by atoms with Crippen molar-refractivity contribution in [3.05, 3.63) is 24.0 Å². The maximum absolute atomic E-state index is 12.2. The molecule has 0 aromatic carbocycles. The van der Waals surface area contributed by atoms with Crippen LogP contribution >= 0.6 is 0 Å². The average molecular weight is 263 g/mol. The van der Waals surface area contributed by atoms with Crippen LogP contribution in [-0.2, 0) is 0 Å². The van der Waals surface area contributed by atoms with Crippen LogP contribution in [0.1, 0.15) is 36.0 Å². The van der Waals surface area contributed by atoms with Crippen LogP contribution in [0.4, 0.5) is 0 Å². The molecular formula is C14H21N3O2. The van der Waals surface area contributed by atoms with Crippen LogP contribution in [0.3, 0.4) is 0 Å². The van der Waals surface area contributed by atoms with Gasteiger partial charge in [-0.15, -0.1) is 0 Å². The third-order valence-electron chi connectivity index (χ3n) is 3.97. The molecule has 1 saturated carbocycles. The number of carbonyl (C=O) groups excluding carboxylic acids is 1. The van der Waals surface area contributed by atoms with Crippen LogP contribution in [0.5, 0.6) is 5.75 Å². The van der Waals surface area contributed by atoms with E-state index in [4.69, 9.17) is 10.5 Å². The summed E-state index contributed by atoms with van der Waals surface area (Å²) < 4.78 is 5.14. The van der Waals surface area contributed by atoms with E-state index in [-0.39, 0.29) is 11.3 Å². The van der Waals surface area contributed by atoms with Gasteiger partial charge in [0.2, 0.25) is 0 Å². The molecule has 1 fully saturated rings. The molecule has 19 heavy (non-hydrogen) atoms. The number of hydrogen-bond acceptors (Lipinski definition) is 4. The molecule has 1 aromatic rings. The summed E-state index contributed by atoms with van der Waals surface area (Å²) in [7, 11) is 1.53. The highest BCUT2D eigenvalue weighted by Gasteiger charge is 2.32. The number of pyridine rings is 1. The Morgan fingerprint density at radius 1 is 1.53 bits per heavy atom. The minimum Gasteiger partial charge on any atom is -0.494 e. The number of methoxy groups -OCH3 is 1. The average Bonchev–Trinajstić information content (AvgIpc) is 2.94. The first-order chi connectivity index (χ1) is 9.21. The molecule has 1 aromatic heterocycles. The largest absolute Gasteiger partial charge is 0.494 e. The lowest BCUT2D eigenvalue weighted by atomic mass is 9.86. The van der Waals surface area contributed by atoms with Crippen molar-refractivity contribution in [2.24, 2.45) is 11.1 Å². The number of carbonyl (C=O) groups is 1. The maximum Gasteiger partial charge on any atom is 0.255 e. The van der Waals surface area contributed by atoms with Crippen LogP contribution in [0.25, 0.3) is 0 Å². The molecule has 1 heterocycles. The van der Waals surface area contributed by atoms with Gasteiger partial charge in [0.05, 0.1) is 18.9 Å². The Morgan fingerprint density at radius 3 is 2.89 bits per heavy atom. The van der Waals surface area contributed by atoms with Crippen molar-refractivity contribution < 1.29 is 9.53 Å². The van der Waals surface area contributed by atoms with Gasteiger partial charge in [-0.25, -0.2) is 0 Å². The van der Waals surface area contributed by atoms with Crippen molar-refractivity contribution in [3.63, 3.8) is 0 Å². The van der Waals surface area contributed by atoms with Gasteiger partial charge in [0.1, 0.15) is 5.75 Å². The van der Waals surface area contributed by atoms with E-state index in [0.29, 0.717) is 24.4 Å². The smallest absolute Gasteiger partial charge is 0.255 e. The molecule has 0 spiro atoms. The van der Waals surface area contributed by atoms with Gasteiger partial charge >= 0.3 is 0 Å². The lowest BCUT2D eigenvalue weighted by molar-refractivity contribution is 0.0929. The van der Waals surface area contributed by atoms with E-state index in [2.05, 4.69) is 10.3 Å². The van der Waals surface area contributed by atoms with Gasteiger partial charge in [0.25, 0.3) is 5.91 Å². The summed E-state index contributed by atoms with van der Waals surface area (Å²) in [6.07, 6.45) is 7.72. The van der Waals surface area contributed by atoms with Crippen molar-refractivity contribution in [2.75, 3.05) is 20.2 Å². The van der Waals surface area contributed by atoms with Gasteiger partial charge in [-0.1, -0.05) is 12.8 Å². The second-order valence-corrected chi connectivity index (χ2v) is 5.17. The highest BCUT2D eigenvalue weighted by atomic mass is 16.5. The molecule has 1 amide bonds. The quantitative estimate of drug-likeness (QED) is 0.840. The number of ether oxygens (including phenoxy) is 1. The second kappa shape index (κ2) is 6.02. The van der Waals surface area contributed by atoms with Gasteiger partial charge in [-0.3, -0.25) is 9.78 Å². The topological polar surface area (TPSA) is 77.2 Å². The van der Waals surface area contributed by atoms with Gasteiger partial charge in [0, 0.05) is 12.7 Å². The predicted molar refractivity (Wildman–Crippen MR) is 73.1 cm³/mol. The third kappa shape index (κ3) is 3.04. The first-order valence-corrected chi connectivity index (χ1v) is 6.67. The molecule has 2 rings (SSSR count). The Labute approximate surface area is 113 Å². The number of aromatic nitrogens is 1. The summed E-state index contributed by atoms with van der Waals surface area (Å²) in [5, 5.41) is 2.98. The fourth-order valence-electron chi connectivity index (χ4n) is 2.67. The zero-order chi connectivity index (χ0) is 13.7. The SMILES string of the molecule is COc1cnccc1C(=O)NCC1(CN)CCCC1. The number of rotatable bonds is 5. The molecule has 0 unspecified atom stereocenters. The molecule has 5 heteroatoms. The Hall–Kier alpha value is -1.62. The van der Waals surface area contributed by atoms with Gasteiger partial charge < -0.3 is 15.8 Å². The first-order valence-electron chi connectivity index (χ1n) is 6.67. The van der Waals surface area contributed by atoms with E-state index in [1.165, 1.54) is 20.0 Å². The highest BCUT2D eigenvalue weighted by molar-refractivity contribution is 5.96. The Bertz CT molecular complexity index is 442. The van der Waals surface area contributed by atoms with E-state index in [1.54, 1.807) is 18.5 Å². The van der Waals surface area contributed by atoms with Crippen LogP contribution in [-0.4, -0.2) is 31.1 Å². The van der Waals surface area contributed by atoms with Crippen LogP contribution < -0.4 is 15.8 Å². The van der Waals surface area contributed by atoms with E-state index in [9.17, 15) is 4.79 Å². The summed E-state index contributed by atoms with van der Waals surface area (Å²) in [5.41, 5.74) is 6.46. The molecule has 0 radical (unpaired) electrons. The summed E-state index contributed by atoms with van der Waals surface area (Å²) in [6.45, 7) is 1.26. The standard InChI is InChI=1S/C14H21N3O2/c1-19-12-8-16-7-4-11(12)13(18)17-10-14(9-15)5-2-3-6-14/h4,7-8H,2-3,5-6,9-10,15H2,1H3,(H,17,18). The van der Waals surface area contributed by atoms with Gasteiger partial charge in [-0.2, -0.15) is 0 Å². The van der Waals surface area contributed by atoms with Gasteiger partial charge in [-0.05, 0) is 30.9 Å². The zero-order valence-corrected chi connectivity index (χ0v) is 11.3. The first kappa shape index (κ1) is 13.8. The molecule has 1 aliphatic rings. The lowest BCUT2D eigenvalue weighted by Crippen LogP contribution is -2.40. The van der Waals surface area contributed by atoms with E-state index in [1.807, 2.05) is 0 Å². The minimum absolute atomic E-state index is 0.0793. The monoisotopic (exact) mass is 263 g/mol. The number of hydrogen-bond donors (Lipinski definition) is 2. The molecule has 0 atom stereocenters. The van der Waals surface area contributed by atoms with Crippen molar-refractivity contribution in [2.45, 2.75) is 25.7 Å². The molecule has 5 nitrogen and oxygen atoms in total. The molecule has 0 bridgehead atoms. The molecule has 0 saturated heterocycles. The minimum atomic E-state index is -0.126. The molecule has 0 aliphatic heterocycles. The molecular weight excluding hydrogens is 242 g/mol. The fourth-order valence-corrected chi connectivity index (χ4v) is 2.67. The van der Waals surface area contributed by atoms with Gasteiger partial charge in [0.15, 0.2) is 0 Å². The van der Waals surface area contributed by atoms with E-state index >= 15 is 0 Å². The van der Waals surface area contributed by atoms with Crippen molar-refractivity contribution >= 4 is 5.91 Å². The van der Waals surface area contributed by atoms with Crippen molar-refractivity contribution in [1.82, 2.24) is 10.3 Å². The Morgan fingerprint density at radius 2 is 2.26 bits per heavy atom. The highest BCUT2D eigenvalue weighted by Crippen LogP contribution is 2.36. The number of nitrogens with one attached hydrogen (secondary N) is 1. The second-order valence-electron chi connectivity index (χ2n) is 5.17. The van der Waals surface area contributed by atoms with Crippen molar-refractivity contribution in [1.29, 1.82) is 0 Å². The summed E-state index contributed by atoms with van der Waals surface area (Å²) >= 11 is 0. The molecule has 104 valence electrons. The maximum atomic E-state index is 12.2. The van der Waals surface area contributed by atoms with Crippen LogP contribution in [0.2, 0.25) is 0 Å². The molecule has 3 N–H and O–H groups in total. The Balaban J connectivity index is 2.01. The lowest BCUT2D eigenvalue weighted by Gasteiger charge is -2.27. The van der Waals surface area contributed by atoms with Crippen LogP contribution in [0, 0.1) is 5.41 Å². The Kier molecular flexibility index (Phi) is 4.37. The fraction of sp³-hybridized carbons (Fsp3) is 0.571. The number of nitrogens with two attached hydrogens (primary N) is 1. The van der Waals surface area contributed by atoms with E-state index in [0.717, 1.165) is 12.8 Å². The molecule has 1 aliphatic carbocycles.